The summed E-state index contributed by atoms with van der Waals surface area (Å²) in [6, 6.07) is 15.3. The van der Waals surface area contributed by atoms with Crippen molar-refractivity contribution in [3.63, 3.8) is 0 Å². The summed E-state index contributed by atoms with van der Waals surface area (Å²) in [6.45, 7) is 3.86. The minimum Gasteiger partial charge on any atom is -0.487 e. The minimum absolute atomic E-state index is 0.446. The van der Waals surface area contributed by atoms with Crippen molar-refractivity contribution in [1.29, 1.82) is 0 Å². The predicted octanol–water partition coefficient (Wildman–Crippen LogP) is 4.17. The molecule has 2 amide bonds. The highest BCUT2D eigenvalue weighted by atomic mass is 16.5. The Balaban J connectivity index is 1.64. The van der Waals surface area contributed by atoms with Gasteiger partial charge in [-0.15, -0.1) is 0 Å². The molecule has 0 radical (unpaired) electrons. The number of carbonyl (C=O) groups is 1. The lowest BCUT2D eigenvalue weighted by molar-refractivity contribution is 0.259. The lowest BCUT2D eigenvalue weighted by atomic mass is 10.1. The van der Waals surface area contributed by atoms with Gasteiger partial charge in [0.1, 0.15) is 12.4 Å². The number of primary amides is 1. The van der Waals surface area contributed by atoms with Crippen LogP contribution < -0.4 is 15.8 Å². The van der Waals surface area contributed by atoms with Gasteiger partial charge < -0.3 is 20.7 Å². The van der Waals surface area contributed by atoms with Gasteiger partial charge in [-0.05, 0) is 55.6 Å². The molecule has 2 aromatic rings. The van der Waals surface area contributed by atoms with Crippen molar-refractivity contribution < 1.29 is 9.53 Å². The second-order valence-electron chi connectivity index (χ2n) is 7.10. The van der Waals surface area contributed by atoms with E-state index in [1.807, 2.05) is 42.5 Å². The van der Waals surface area contributed by atoms with Crippen molar-refractivity contribution in [2.75, 3.05) is 25.0 Å². The number of likely N-dealkylation sites (tertiary alicyclic amines) is 1. The molecular weight excluding hydrogens is 338 g/mol. The first-order valence-corrected chi connectivity index (χ1v) is 9.79. The fraction of sp³-hybridized carbons (Fsp3) is 0.409. The van der Waals surface area contributed by atoms with Crippen molar-refractivity contribution in [3.8, 4) is 5.75 Å². The van der Waals surface area contributed by atoms with Gasteiger partial charge in [0, 0.05) is 6.54 Å². The second kappa shape index (κ2) is 9.97. The number of hydrogen-bond donors (Lipinski definition) is 2. The molecular formula is C22H29N3O2. The number of benzene rings is 2. The highest BCUT2D eigenvalue weighted by Crippen LogP contribution is 2.27. The predicted molar refractivity (Wildman–Crippen MR) is 109 cm³/mol. The third kappa shape index (κ3) is 6.29. The summed E-state index contributed by atoms with van der Waals surface area (Å²) >= 11 is 0. The number of rotatable bonds is 7. The van der Waals surface area contributed by atoms with E-state index in [0.717, 1.165) is 18.5 Å². The molecule has 1 aliphatic rings. The van der Waals surface area contributed by atoms with Crippen molar-refractivity contribution in [2.24, 2.45) is 5.73 Å². The molecule has 1 fully saturated rings. The average Bonchev–Trinajstić information content (AvgIpc) is 2.95. The zero-order chi connectivity index (χ0) is 18.9. The topological polar surface area (TPSA) is 67.6 Å². The largest absolute Gasteiger partial charge is 0.487 e. The van der Waals surface area contributed by atoms with E-state index in [9.17, 15) is 4.79 Å². The van der Waals surface area contributed by atoms with Gasteiger partial charge in [-0.25, -0.2) is 4.79 Å². The maximum absolute atomic E-state index is 11.4. The lowest BCUT2D eigenvalue weighted by Gasteiger charge is -2.20. The molecule has 27 heavy (non-hydrogen) atoms. The SMILES string of the molecule is NC(=O)Nc1cc(CCN2CCCCCC2)ccc1OCc1ccccc1. The number of ether oxygens (including phenoxy) is 1. The maximum atomic E-state index is 11.4. The standard InChI is InChI=1S/C22H29N3O2/c23-22(26)24-20-16-18(12-15-25-13-6-1-2-7-14-25)10-11-21(20)27-17-19-8-4-3-5-9-19/h3-5,8-11,16H,1-2,6-7,12-15,17H2,(H3,23,24,26). The Morgan fingerprint density at radius 3 is 2.44 bits per heavy atom. The molecule has 3 rings (SSSR count). The lowest BCUT2D eigenvalue weighted by Crippen LogP contribution is -2.27. The van der Waals surface area contributed by atoms with Crippen LogP contribution in [0.5, 0.6) is 5.75 Å². The van der Waals surface area contributed by atoms with Crippen molar-refractivity contribution in [3.05, 3.63) is 59.7 Å². The molecule has 1 aliphatic heterocycles. The highest BCUT2D eigenvalue weighted by Gasteiger charge is 2.11. The van der Waals surface area contributed by atoms with E-state index in [0.29, 0.717) is 18.0 Å². The first-order chi connectivity index (χ1) is 13.2. The number of anilines is 1. The van der Waals surface area contributed by atoms with Crippen LogP contribution >= 0.6 is 0 Å². The van der Waals surface area contributed by atoms with E-state index in [4.69, 9.17) is 10.5 Å². The number of hydrogen-bond acceptors (Lipinski definition) is 3. The Morgan fingerprint density at radius 1 is 1.00 bits per heavy atom. The van der Waals surface area contributed by atoms with E-state index in [-0.39, 0.29) is 0 Å². The highest BCUT2D eigenvalue weighted by molar-refractivity contribution is 5.89. The molecule has 0 atom stereocenters. The van der Waals surface area contributed by atoms with Crippen molar-refractivity contribution in [1.82, 2.24) is 4.90 Å². The third-order valence-corrected chi connectivity index (χ3v) is 4.95. The van der Waals surface area contributed by atoms with E-state index < -0.39 is 6.03 Å². The molecule has 2 aromatic carbocycles. The van der Waals surface area contributed by atoms with Gasteiger partial charge in [-0.3, -0.25) is 0 Å². The van der Waals surface area contributed by atoms with Gasteiger partial charge in [-0.2, -0.15) is 0 Å². The summed E-state index contributed by atoms with van der Waals surface area (Å²) in [5.74, 6) is 0.635. The van der Waals surface area contributed by atoms with E-state index >= 15 is 0 Å². The molecule has 3 N–H and O–H groups in total. The summed E-state index contributed by atoms with van der Waals surface area (Å²) in [4.78, 5) is 13.9. The van der Waals surface area contributed by atoms with Crippen LogP contribution in [0.25, 0.3) is 0 Å². The van der Waals surface area contributed by atoms with Gasteiger partial charge in [0.15, 0.2) is 0 Å². The molecule has 0 aliphatic carbocycles. The van der Waals surface area contributed by atoms with Gasteiger partial charge in [0.2, 0.25) is 0 Å². The monoisotopic (exact) mass is 367 g/mol. The number of urea groups is 1. The van der Waals surface area contributed by atoms with Gasteiger partial charge in [0.25, 0.3) is 0 Å². The van der Waals surface area contributed by atoms with Crippen LogP contribution in [0.15, 0.2) is 48.5 Å². The summed E-state index contributed by atoms with van der Waals surface area (Å²) in [5.41, 5.74) is 8.23. The summed E-state index contributed by atoms with van der Waals surface area (Å²) in [7, 11) is 0. The summed E-state index contributed by atoms with van der Waals surface area (Å²) in [5, 5.41) is 2.70. The van der Waals surface area contributed by atoms with Crippen molar-refractivity contribution >= 4 is 11.7 Å². The fourth-order valence-electron chi connectivity index (χ4n) is 3.47. The van der Waals surface area contributed by atoms with Crippen LogP contribution in [0.1, 0.15) is 36.8 Å². The van der Waals surface area contributed by atoms with E-state index in [1.54, 1.807) is 0 Å². The molecule has 0 saturated carbocycles. The Morgan fingerprint density at radius 2 is 1.74 bits per heavy atom. The van der Waals surface area contributed by atoms with Gasteiger partial charge >= 0.3 is 6.03 Å². The Hall–Kier alpha value is -2.53. The molecule has 5 nitrogen and oxygen atoms in total. The number of nitrogens with one attached hydrogen (secondary N) is 1. The van der Waals surface area contributed by atoms with Gasteiger partial charge in [0.05, 0.1) is 5.69 Å². The maximum Gasteiger partial charge on any atom is 0.316 e. The quantitative estimate of drug-likeness (QED) is 0.772. The van der Waals surface area contributed by atoms with Crippen LogP contribution in [0, 0.1) is 0 Å². The normalized spacial score (nSPS) is 15.1. The van der Waals surface area contributed by atoms with E-state index in [2.05, 4.69) is 16.3 Å². The van der Waals surface area contributed by atoms with Crippen molar-refractivity contribution in [2.45, 2.75) is 38.7 Å². The molecule has 144 valence electrons. The van der Waals surface area contributed by atoms with E-state index in [1.165, 1.54) is 44.3 Å². The first-order valence-electron chi connectivity index (χ1n) is 9.79. The van der Waals surface area contributed by atoms with Crippen LogP contribution in [-0.4, -0.2) is 30.6 Å². The average molecular weight is 367 g/mol. The summed E-state index contributed by atoms with van der Waals surface area (Å²) in [6.07, 6.45) is 6.22. The van der Waals surface area contributed by atoms with Crippen LogP contribution in [-0.2, 0) is 13.0 Å². The zero-order valence-electron chi connectivity index (χ0n) is 15.8. The second-order valence-corrected chi connectivity index (χ2v) is 7.10. The summed E-state index contributed by atoms with van der Waals surface area (Å²) < 4.78 is 5.91. The Bertz CT molecular complexity index is 726. The molecule has 1 heterocycles. The zero-order valence-corrected chi connectivity index (χ0v) is 15.8. The Kier molecular flexibility index (Phi) is 7.11. The van der Waals surface area contributed by atoms with Crippen LogP contribution in [0.4, 0.5) is 10.5 Å². The number of nitrogens with two attached hydrogens (primary N) is 1. The number of amides is 2. The van der Waals surface area contributed by atoms with Crippen LogP contribution in [0.3, 0.4) is 0 Å². The number of nitrogens with zero attached hydrogens (tertiary/aromatic N) is 1. The molecule has 0 bridgehead atoms. The molecule has 1 saturated heterocycles. The molecule has 0 unspecified atom stereocenters. The molecule has 0 spiro atoms. The van der Waals surface area contributed by atoms with Crippen LogP contribution in [0.2, 0.25) is 0 Å². The smallest absolute Gasteiger partial charge is 0.316 e. The Labute approximate surface area is 161 Å². The third-order valence-electron chi connectivity index (χ3n) is 4.95. The number of carbonyl (C=O) groups excluding carboxylic acids is 1. The molecule has 0 aromatic heterocycles. The molecule has 5 heteroatoms. The fourth-order valence-corrected chi connectivity index (χ4v) is 3.47. The first kappa shape index (κ1) is 19.2. The minimum atomic E-state index is -0.579. The van der Waals surface area contributed by atoms with Gasteiger partial charge in [-0.1, -0.05) is 49.2 Å².